The molecule has 1 aromatic rings. The lowest BCUT2D eigenvalue weighted by Crippen LogP contribution is -2.41. The van der Waals surface area contributed by atoms with Crippen molar-refractivity contribution in [2.24, 2.45) is 5.73 Å². The van der Waals surface area contributed by atoms with Crippen LogP contribution in [0.4, 0.5) is 0 Å². The standard InChI is InChI=1S/C15H22BNO5/c1-14(2)15(3,4)22-16(21-14)9-7-10(19-5)12(13(17)18)11(8-9)20-6/h7-8H,1-6H3,(H2,17,18). The molecule has 0 aromatic heterocycles. The zero-order chi connectivity index (χ0) is 16.7. The Morgan fingerprint density at radius 1 is 1.05 bits per heavy atom. The van der Waals surface area contributed by atoms with Crippen LogP contribution in [0.15, 0.2) is 12.1 Å². The number of carbonyl (C=O) groups excluding carboxylic acids is 1. The van der Waals surface area contributed by atoms with Gasteiger partial charge in [-0.05, 0) is 45.3 Å². The normalized spacial score (nSPS) is 19.1. The molecule has 2 rings (SSSR count). The average Bonchev–Trinajstić information content (AvgIpc) is 2.65. The van der Waals surface area contributed by atoms with Crippen molar-refractivity contribution in [1.29, 1.82) is 0 Å². The summed E-state index contributed by atoms with van der Waals surface area (Å²) in [5, 5.41) is 0. The molecule has 1 fully saturated rings. The monoisotopic (exact) mass is 307 g/mol. The Kier molecular flexibility index (Phi) is 4.15. The molecule has 120 valence electrons. The largest absolute Gasteiger partial charge is 0.496 e. The molecule has 1 aliphatic heterocycles. The fraction of sp³-hybridized carbons (Fsp3) is 0.533. The third kappa shape index (κ3) is 2.66. The maximum absolute atomic E-state index is 11.6. The summed E-state index contributed by atoms with van der Waals surface area (Å²) in [6.45, 7) is 7.89. The van der Waals surface area contributed by atoms with Gasteiger partial charge in [0.1, 0.15) is 17.1 Å². The Bertz CT molecular complexity index is 559. The molecule has 7 heteroatoms. The zero-order valence-corrected chi connectivity index (χ0v) is 13.9. The molecule has 1 aromatic carbocycles. The Balaban J connectivity index is 2.48. The number of ether oxygens (including phenoxy) is 2. The summed E-state index contributed by atoms with van der Waals surface area (Å²) in [6, 6.07) is 3.37. The topological polar surface area (TPSA) is 80.0 Å². The molecule has 0 aliphatic carbocycles. The number of primary amides is 1. The van der Waals surface area contributed by atoms with Gasteiger partial charge in [-0.3, -0.25) is 4.79 Å². The van der Waals surface area contributed by atoms with E-state index in [1.807, 2.05) is 27.7 Å². The molecule has 0 spiro atoms. The second-order valence-electron chi connectivity index (χ2n) is 6.25. The number of amides is 1. The number of hydrogen-bond donors (Lipinski definition) is 1. The Hall–Kier alpha value is -1.73. The van der Waals surface area contributed by atoms with Gasteiger partial charge in [-0.2, -0.15) is 0 Å². The van der Waals surface area contributed by atoms with Gasteiger partial charge in [0.25, 0.3) is 5.91 Å². The highest BCUT2D eigenvalue weighted by molar-refractivity contribution is 6.62. The number of rotatable bonds is 4. The molecular weight excluding hydrogens is 285 g/mol. The van der Waals surface area contributed by atoms with Crippen LogP contribution in [0.2, 0.25) is 0 Å². The number of carbonyl (C=O) groups is 1. The number of nitrogens with two attached hydrogens (primary N) is 1. The molecule has 6 nitrogen and oxygen atoms in total. The first-order chi connectivity index (χ1) is 10.1. The van der Waals surface area contributed by atoms with Gasteiger partial charge in [0.05, 0.1) is 25.4 Å². The van der Waals surface area contributed by atoms with Gasteiger partial charge in [0, 0.05) is 0 Å². The Labute approximate surface area is 131 Å². The third-order valence-electron chi connectivity index (χ3n) is 4.30. The van der Waals surface area contributed by atoms with E-state index < -0.39 is 24.2 Å². The van der Waals surface area contributed by atoms with Gasteiger partial charge in [-0.15, -0.1) is 0 Å². The Morgan fingerprint density at radius 3 is 1.77 bits per heavy atom. The van der Waals surface area contributed by atoms with Crippen molar-refractivity contribution in [2.75, 3.05) is 14.2 Å². The van der Waals surface area contributed by atoms with Crippen LogP contribution in [0, 0.1) is 0 Å². The van der Waals surface area contributed by atoms with Crippen molar-refractivity contribution in [3.63, 3.8) is 0 Å². The molecule has 1 saturated heterocycles. The van der Waals surface area contributed by atoms with Crippen LogP contribution in [0.25, 0.3) is 0 Å². The van der Waals surface area contributed by atoms with E-state index in [0.29, 0.717) is 17.0 Å². The highest BCUT2D eigenvalue weighted by atomic mass is 16.7. The van der Waals surface area contributed by atoms with E-state index in [9.17, 15) is 4.79 Å². The lowest BCUT2D eigenvalue weighted by Gasteiger charge is -2.32. The first-order valence-corrected chi connectivity index (χ1v) is 7.04. The van der Waals surface area contributed by atoms with Crippen LogP contribution in [-0.4, -0.2) is 38.4 Å². The van der Waals surface area contributed by atoms with Crippen LogP contribution in [0.1, 0.15) is 38.1 Å². The third-order valence-corrected chi connectivity index (χ3v) is 4.30. The minimum Gasteiger partial charge on any atom is -0.496 e. The first-order valence-electron chi connectivity index (χ1n) is 7.04. The van der Waals surface area contributed by atoms with Gasteiger partial charge >= 0.3 is 7.12 Å². The highest BCUT2D eigenvalue weighted by Gasteiger charge is 2.52. The van der Waals surface area contributed by atoms with Crippen molar-refractivity contribution >= 4 is 18.5 Å². The summed E-state index contributed by atoms with van der Waals surface area (Å²) in [4.78, 5) is 11.6. The van der Waals surface area contributed by atoms with E-state index in [4.69, 9.17) is 24.5 Å². The second-order valence-corrected chi connectivity index (χ2v) is 6.25. The number of benzene rings is 1. The van der Waals surface area contributed by atoms with Gasteiger partial charge in [0.2, 0.25) is 0 Å². The SMILES string of the molecule is COc1cc(B2OC(C)(C)C(C)(C)O2)cc(OC)c1C(N)=O. The van der Waals surface area contributed by atoms with Crippen molar-refractivity contribution in [1.82, 2.24) is 0 Å². The van der Waals surface area contributed by atoms with E-state index in [2.05, 4.69) is 0 Å². The van der Waals surface area contributed by atoms with Crippen molar-refractivity contribution in [3.8, 4) is 11.5 Å². The zero-order valence-electron chi connectivity index (χ0n) is 13.9. The summed E-state index contributed by atoms with van der Waals surface area (Å²) in [5.74, 6) is 0.0438. The van der Waals surface area contributed by atoms with Crippen LogP contribution >= 0.6 is 0 Å². The maximum atomic E-state index is 11.6. The number of hydrogen-bond acceptors (Lipinski definition) is 5. The lowest BCUT2D eigenvalue weighted by atomic mass is 9.78. The second kappa shape index (κ2) is 5.48. The molecule has 1 amide bonds. The predicted octanol–water partition coefficient (Wildman–Crippen LogP) is 1.10. The fourth-order valence-electron chi connectivity index (χ4n) is 2.29. The fourth-order valence-corrected chi connectivity index (χ4v) is 2.29. The molecule has 1 aliphatic rings. The van der Waals surface area contributed by atoms with Gasteiger partial charge in [0.15, 0.2) is 0 Å². The molecule has 2 N–H and O–H groups in total. The van der Waals surface area contributed by atoms with Crippen LogP contribution < -0.4 is 20.7 Å². The van der Waals surface area contributed by atoms with E-state index in [1.54, 1.807) is 12.1 Å². The average molecular weight is 307 g/mol. The minimum atomic E-state index is -0.617. The Morgan fingerprint density at radius 2 is 1.45 bits per heavy atom. The lowest BCUT2D eigenvalue weighted by molar-refractivity contribution is 0.00578. The molecule has 0 unspecified atom stereocenters. The van der Waals surface area contributed by atoms with Gasteiger partial charge in [-0.1, -0.05) is 0 Å². The summed E-state index contributed by atoms with van der Waals surface area (Å²) >= 11 is 0. The quantitative estimate of drug-likeness (QED) is 0.843. The predicted molar refractivity (Wildman–Crippen MR) is 83.8 cm³/mol. The van der Waals surface area contributed by atoms with Crippen molar-refractivity contribution in [3.05, 3.63) is 17.7 Å². The number of methoxy groups -OCH3 is 2. The molecule has 0 bridgehead atoms. The summed E-state index contributed by atoms with van der Waals surface area (Å²) in [5.41, 5.74) is 5.38. The molecule has 1 heterocycles. The van der Waals surface area contributed by atoms with E-state index in [1.165, 1.54) is 14.2 Å². The first kappa shape index (κ1) is 16.6. The van der Waals surface area contributed by atoms with Crippen LogP contribution in [-0.2, 0) is 9.31 Å². The molecular formula is C15H22BNO5. The minimum absolute atomic E-state index is 0.199. The molecule has 0 saturated carbocycles. The summed E-state index contributed by atoms with van der Waals surface area (Å²) < 4.78 is 22.5. The van der Waals surface area contributed by atoms with Gasteiger partial charge in [-0.25, -0.2) is 0 Å². The smallest absolute Gasteiger partial charge is 0.495 e. The summed E-state index contributed by atoms with van der Waals surface area (Å²) in [6.07, 6.45) is 0. The van der Waals surface area contributed by atoms with Crippen molar-refractivity contribution < 1.29 is 23.6 Å². The van der Waals surface area contributed by atoms with E-state index >= 15 is 0 Å². The molecule has 22 heavy (non-hydrogen) atoms. The maximum Gasteiger partial charge on any atom is 0.495 e. The molecule has 0 radical (unpaired) electrons. The summed E-state index contributed by atoms with van der Waals surface area (Å²) in [7, 11) is 2.36. The van der Waals surface area contributed by atoms with Crippen LogP contribution in [0.5, 0.6) is 11.5 Å². The van der Waals surface area contributed by atoms with Crippen molar-refractivity contribution in [2.45, 2.75) is 38.9 Å². The van der Waals surface area contributed by atoms with E-state index in [0.717, 1.165) is 0 Å². The van der Waals surface area contributed by atoms with Gasteiger partial charge < -0.3 is 24.5 Å². The highest BCUT2D eigenvalue weighted by Crippen LogP contribution is 2.37. The van der Waals surface area contributed by atoms with Crippen LogP contribution in [0.3, 0.4) is 0 Å². The van der Waals surface area contributed by atoms with E-state index in [-0.39, 0.29) is 5.56 Å². The molecule has 0 atom stereocenters.